The molecule has 0 saturated heterocycles. The highest BCUT2D eigenvalue weighted by atomic mass is 15.0. The third kappa shape index (κ3) is 3.61. The molecular formula is C39H24N4. The molecule has 8 rings (SSSR count). The van der Waals surface area contributed by atoms with Gasteiger partial charge in [0.15, 0.2) is 11.4 Å². The lowest BCUT2D eigenvalue weighted by Gasteiger charge is -2.16. The maximum absolute atomic E-state index is 8.15. The van der Waals surface area contributed by atoms with Gasteiger partial charge in [0.25, 0.3) is 0 Å². The normalized spacial score (nSPS) is 11.3. The molecule has 0 bridgehead atoms. The Morgan fingerprint density at radius 3 is 1.77 bits per heavy atom. The predicted molar refractivity (Wildman–Crippen MR) is 178 cm³/mol. The van der Waals surface area contributed by atoms with E-state index in [0.717, 1.165) is 55.3 Å². The van der Waals surface area contributed by atoms with E-state index in [1.807, 2.05) is 30.3 Å². The summed E-state index contributed by atoms with van der Waals surface area (Å²) in [5.41, 5.74) is 10.6. The largest absolute Gasteiger partial charge is 0.310 e. The van der Waals surface area contributed by atoms with Gasteiger partial charge < -0.3 is 9.13 Å². The average Bonchev–Trinajstić information content (AvgIpc) is 3.56. The van der Waals surface area contributed by atoms with E-state index < -0.39 is 0 Å². The van der Waals surface area contributed by atoms with Gasteiger partial charge in [-0.05, 0) is 72.0 Å². The van der Waals surface area contributed by atoms with Crippen molar-refractivity contribution >= 4 is 55.0 Å². The second-order valence-electron chi connectivity index (χ2n) is 10.8. The summed E-state index contributed by atoms with van der Waals surface area (Å²) in [6.45, 7) is 18.0. The van der Waals surface area contributed by atoms with Crippen LogP contribution < -0.4 is 0 Å². The molecule has 2 heterocycles. The molecule has 0 radical (unpaired) electrons. The molecule has 0 aliphatic heterocycles. The van der Waals surface area contributed by atoms with Crippen molar-refractivity contribution in [2.45, 2.75) is 6.92 Å². The van der Waals surface area contributed by atoms with Gasteiger partial charge in [-0.15, -0.1) is 0 Å². The Morgan fingerprint density at radius 2 is 1.07 bits per heavy atom. The number of para-hydroxylation sites is 3. The Kier molecular flexibility index (Phi) is 5.44. The van der Waals surface area contributed by atoms with Crippen molar-refractivity contribution < 1.29 is 0 Å². The van der Waals surface area contributed by atoms with Crippen molar-refractivity contribution in [3.8, 4) is 22.5 Å². The van der Waals surface area contributed by atoms with Crippen molar-refractivity contribution in [3.05, 3.63) is 156 Å². The highest BCUT2D eigenvalue weighted by molar-refractivity contribution is 6.13. The Bertz CT molecular complexity index is 2440. The number of aryl methyl sites for hydroxylation is 1. The standard InChI is InChI=1S/C39H24N4/c1-25-11-4-7-15-33(25)42-36-21-19-26(23-30(36)31-24-27(40-2)20-22-37(31)42)39-32(41-3)14-10-18-38(39)43-34-16-8-5-12-28(34)29-13-6-9-17-35(29)43/h4-24H,1H3. The molecule has 200 valence electrons. The first-order valence-electron chi connectivity index (χ1n) is 14.2. The minimum Gasteiger partial charge on any atom is -0.310 e. The maximum Gasteiger partial charge on any atom is 0.196 e. The van der Waals surface area contributed by atoms with Gasteiger partial charge in [0.2, 0.25) is 0 Å². The fourth-order valence-electron chi connectivity index (χ4n) is 6.60. The van der Waals surface area contributed by atoms with Crippen molar-refractivity contribution in [1.29, 1.82) is 0 Å². The summed E-state index contributed by atoms with van der Waals surface area (Å²) in [7, 11) is 0. The maximum atomic E-state index is 8.15. The molecule has 4 heteroatoms. The highest BCUT2D eigenvalue weighted by Crippen LogP contribution is 2.43. The van der Waals surface area contributed by atoms with Gasteiger partial charge in [-0.25, -0.2) is 9.69 Å². The van der Waals surface area contributed by atoms with Crippen LogP contribution in [0.25, 0.3) is 75.8 Å². The minimum absolute atomic E-state index is 0.600. The van der Waals surface area contributed by atoms with Crippen LogP contribution in [0.5, 0.6) is 0 Å². The van der Waals surface area contributed by atoms with Crippen LogP contribution in [0, 0.1) is 20.1 Å². The fraction of sp³-hybridized carbons (Fsp3) is 0.0256. The van der Waals surface area contributed by atoms with E-state index in [-0.39, 0.29) is 0 Å². The quantitative estimate of drug-likeness (QED) is 0.196. The van der Waals surface area contributed by atoms with Gasteiger partial charge in [-0.3, -0.25) is 0 Å². The molecule has 0 amide bonds. The summed E-state index contributed by atoms with van der Waals surface area (Å²) in [6.07, 6.45) is 0. The van der Waals surface area contributed by atoms with Gasteiger partial charge in [0, 0.05) is 33.1 Å². The van der Waals surface area contributed by atoms with E-state index in [0.29, 0.717) is 11.4 Å². The molecule has 0 N–H and O–H groups in total. The molecule has 2 aromatic heterocycles. The van der Waals surface area contributed by atoms with Crippen LogP contribution in [0.2, 0.25) is 0 Å². The lowest BCUT2D eigenvalue weighted by molar-refractivity contribution is 1.15. The molecule has 43 heavy (non-hydrogen) atoms. The molecule has 0 aliphatic rings. The number of fused-ring (bicyclic) bond motifs is 6. The summed E-state index contributed by atoms with van der Waals surface area (Å²) in [5, 5.41) is 4.43. The molecule has 6 aromatic carbocycles. The summed E-state index contributed by atoms with van der Waals surface area (Å²) in [5.74, 6) is 0. The zero-order chi connectivity index (χ0) is 29.1. The lowest BCUT2D eigenvalue weighted by Crippen LogP contribution is -1.98. The SMILES string of the molecule is [C-]#[N+]c1ccc2c(c1)c1cc(-c3c([N+]#[C-])cccc3-n3c4ccccc4c4ccccc43)ccc1n2-c1ccccc1C. The first-order chi connectivity index (χ1) is 21.2. The lowest BCUT2D eigenvalue weighted by atomic mass is 9.98. The second-order valence-corrected chi connectivity index (χ2v) is 10.8. The average molecular weight is 549 g/mol. The third-order valence-corrected chi connectivity index (χ3v) is 8.48. The van der Waals surface area contributed by atoms with Crippen LogP contribution in [0.4, 0.5) is 11.4 Å². The number of hydrogen-bond acceptors (Lipinski definition) is 0. The zero-order valence-electron chi connectivity index (χ0n) is 23.4. The Hall–Kier alpha value is -6.10. The van der Waals surface area contributed by atoms with E-state index in [2.05, 4.69) is 123 Å². The highest BCUT2D eigenvalue weighted by Gasteiger charge is 2.20. The zero-order valence-corrected chi connectivity index (χ0v) is 23.4. The van der Waals surface area contributed by atoms with Crippen LogP contribution in [0.1, 0.15) is 5.56 Å². The van der Waals surface area contributed by atoms with E-state index in [1.54, 1.807) is 0 Å². The molecule has 0 saturated carbocycles. The number of aromatic nitrogens is 2. The molecule has 0 aliphatic carbocycles. The Morgan fingerprint density at radius 1 is 0.488 bits per heavy atom. The van der Waals surface area contributed by atoms with Crippen molar-refractivity contribution in [2.24, 2.45) is 0 Å². The van der Waals surface area contributed by atoms with Gasteiger partial charge >= 0.3 is 0 Å². The van der Waals surface area contributed by atoms with E-state index in [9.17, 15) is 0 Å². The summed E-state index contributed by atoms with van der Waals surface area (Å²) >= 11 is 0. The van der Waals surface area contributed by atoms with Crippen molar-refractivity contribution in [2.75, 3.05) is 0 Å². The number of benzene rings is 6. The van der Waals surface area contributed by atoms with Crippen LogP contribution >= 0.6 is 0 Å². The second kappa shape index (κ2) is 9.48. The van der Waals surface area contributed by atoms with E-state index in [1.165, 1.54) is 16.3 Å². The van der Waals surface area contributed by atoms with Crippen LogP contribution in [-0.2, 0) is 0 Å². The predicted octanol–water partition coefficient (Wildman–Crippen LogP) is 11.0. The van der Waals surface area contributed by atoms with E-state index >= 15 is 0 Å². The van der Waals surface area contributed by atoms with Gasteiger partial charge in [-0.1, -0.05) is 78.9 Å². The number of nitrogens with zero attached hydrogens (tertiary/aromatic N) is 4. The topological polar surface area (TPSA) is 18.6 Å². The van der Waals surface area contributed by atoms with Crippen LogP contribution in [0.15, 0.2) is 127 Å². The smallest absolute Gasteiger partial charge is 0.196 e. The first kappa shape index (κ1) is 24.7. The van der Waals surface area contributed by atoms with Crippen LogP contribution in [0.3, 0.4) is 0 Å². The van der Waals surface area contributed by atoms with Crippen molar-refractivity contribution in [3.63, 3.8) is 0 Å². The molecular weight excluding hydrogens is 524 g/mol. The molecule has 8 aromatic rings. The van der Waals surface area contributed by atoms with Crippen LogP contribution in [-0.4, -0.2) is 9.13 Å². The minimum atomic E-state index is 0.600. The molecule has 0 fully saturated rings. The fourth-order valence-corrected chi connectivity index (χ4v) is 6.60. The molecule has 0 atom stereocenters. The molecule has 4 nitrogen and oxygen atoms in total. The number of hydrogen-bond donors (Lipinski definition) is 0. The molecule has 0 unspecified atom stereocenters. The summed E-state index contributed by atoms with van der Waals surface area (Å²) < 4.78 is 4.57. The first-order valence-corrected chi connectivity index (χ1v) is 14.2. The van der Waals surface area contributed by atoms with E-state index in [4.69, 9.17) is 13.1 Å². The third-order valence-electron chi connectivity index (χ3n) is 8.48. The van der Waals surface area contributed by atoms with Gasteiger partial charge in [-0.2, -0.15) is 0 Å². The summed E-state index contributed by atoms with van der Waals surface area (Å²) in [6, 6.07) is 43.7. The summed E-state index contributed by atoms with van der Waals surface area (Å²) in [4.78, 5) is 7.74. The Balaban J connectivity index is 1.47. The Labute approximate surface area is 248 Å². The van der Waals surface area contributed by atoms with Gasteiger partial charge in [0.05, 0.1) is 35.2 Å². The van der Waals surface area contributed by atoms with Gasteiger partial charge in [0.1, 0.15) is 0 Å². The number of rotatable bonds is 3. The monoisotopic (exact) mass is 548 g/mol. The molecule has 0 spiro atoms. The van der Waals surface area contributed by atoms with Crippen molar-refractivity contribution in [1.82, 2.24) is 9.13 Å².